The van der Waals surface area contributed by atoms with E-state index < -0.39 is 0 Å². The lowest BCUT2D eigenvalue weighted by atomic mass is 9.85. The summed E-state index contributed by atoms with van der Waals surface area (Å²) >= 11 is 0. The molecule has 0 N–H and O–H groups in total. The van der Waals surface area contributed by atoms with Crippen LogP contribution >= 0.6 is 0 Å². The molecule has 76 valence electrons. The molecule has 0 heterocycles. The molecule has 0 atom stereocenters. The quantitative estimate of drug-likeness (QED) is 0.647. The maximum Gasteiger partial charge on any atom is 0.167 e. The summed E-state index contributed by atoms with van der Waals surface area (Å²) in [7, 11) is 0. The van der Waals surface area contributed by atoms with Crippen LogP contribution in [0.25, 0.3) is 11.1 Å². The molecule has 2 aromatic rings. The average Bonchev–Trinajstić information content (AvgIpc) is 2.30. The van der Waals surface area contributed by atoms with Crippen molar-refractivity contribution in [1.29, 1.82) is 0 Å². The lowest BCUT2D eigenvalue weighted by molar-refractivity contribution is 0.0992. The molecule has 2 aromatic carbocycles. The Balaban J connectivity index is 0.000000963. The molecule has 0 aromatic heterocycles. The highest BCUT2D eigenvalue weighted by molar-refractivity contribution is 6.07. The van der Waals surface area contributed by atoms with Gasteiger partial charge in [-0.15, -0.1) is 0 Å². The van der Waals surface area contributed by atoms with Gasteiger partial charge in [-0.2, -0.15) is 0 Å². The van der Waals surface area contributed by atoms with Gasteiger partial charge in [0.15, 0.2) is 5.78 Å². The highest BCUT2D eigenvalue weighted by Crippen LogP contribution is 2.32. The van der Waals surface area contributed by atoms with E-state index in [2.05, 4.69) is 6.07 Å². The maximum atomic E-state index is 11.8. The number of fused-ring (bicyclic) bond motifs is 3. The first kappa shape index (κ1) is 10.6. The van der Waals surface area contributed by atoms with Gasteiger partial charge in [-0.1, -0.05) is 48.5 Å². The van der Waals surface area contributed by atoms with E-state index in [0.717, 1.165) is 16.7 Å². The number of benzene rings is 2. The summed E-state index contributed by atoms with van der Waals surface area (Å²) in [6, 6.07) is 16.0. The monoisotopic (exact) mass is 206 g/mol. The van der Waals surface area contributed by atoms with Crippen molar-refractivity contribution in [2.75, 3.05) is 0 Å². The molecule has 0 aliphatic heterocycles. The number of carbonyl (C=O) groups is 1. The second-order valence-electron chi connectivity index (χ2n) is 3.80. The van der Waals surface area contributed by atoms with Crippen LogP contribution in [0.15, 0.2) is 48.5 Å². The predicted octanol–water partition coefficient (Wildman–Crippen LogP) is 3.17. The predicted molar refractivity (Wildman–Crippen MR) is 63.2 cm³/mol. The fourth-order valence-corrected chi connectivity index (χ4v) is 2.17. The Bertz CT molecular complexity index is 541. The number of Topliss-reactive ketones (excluding diaryl/α,β-unsaturated/α-hetero) is 1. The lowest BCUT2D eigenvalue weighted by Gasteiger charge is -2.18. The summed E-state index contributed by atoms with van der Waals surface area (Å²) < 4.78 is 0. The van der Waals surface area contributed by atoms with Crippen LogP contribution in [0, 0.1) is 7.43 Å². The van der Waals surface area contributed by atoms with Crippen LogP contribution in [0.4, 0.5) is 0 Å². The zero-order valence-corrected chi connectivity index (χ0v) is 8.73. The van der Waals surface area contributed by atoms with Crippen molar-refractivity contribution in [3.05, 3.63) is 67.1 Å². The average molecular weight is 206 g/mol. The van der Waals surface area contributed by atoms with E-state index in [1.54, 1.807) is 0 Å². The molecule has 1 nitrogen and oxygen atoms in total. The summed E-state index contributed by atoms with van der Waals surface area (Å²) in [6.07, 6.45) is 0.535. The van der Waals surface area contributed by atoms with Gasteiger partial charge < -0.3 is 0 Å². The molecule has 0 amide bonds. The third kappa shape index (κ3) is 1.45. The summed E-state index contributed by atoms with van der Waals surface area (Å²) in [5.41, 5.74) is 4.27. The lowest BCUT2D eigenvalue weighted by Crippen LogP contribution is -2.11. The fraction of sp³-hybridized carbons (Fsp3) is 0.0667. The molecule has 0 saturated carbocycles. The number of hydrogen-bond acceptors (Lipinski definition) is 1. The molecule has 0 bridgehead atoms. The molecule has 1 aliphatic carbocycles. The molecule has 0 spiro atoms. The van der Waals surface area contributed by atoms with Gasteiger partial charge in [-0.05, 0) is 16.7 Å². The first-order valence-corrected chi connectivity index (χ1v) is 5.07. The second-order valence-corrected chi connectivity index (χ2v) is 3.80. The SMILES string of the molecule is O=C1Cc2ccccc2-c2ccccc21.[C]. The molecular weight excluding hydrogens is 196 g/mol. The fourth-order valence-electron chi connectivity index (χ4n) is 2.17. The van der Waals surface area contributed by atoms with E-state index in [4.69, 9.17) is 0 Å². The van der Waals surface area contributed by atoms with Crippen molar-refractivity contribution in [1.82, 2.24) is 0 Å². The minimum absolute atomic E-state index is 0. The first-order chi connectivity index (χ1) is 7.36. The third-order valence-electron chi connectivity index (χ3n) is 2.89. The Labute approximate surface area is 95.7 Å². The first-order valence-electron chi connectivity index (χ1n) is 5.07. The van der Waals surface area contributed by atoms with E-state index in [-0.39, 0.29) is 13.2 Å². The van der Waals surface area contributed by atoms with Crippen LogP contribution in [0.5, 0.6) is 0 Å². The molecule has 1 heteroatoms. The zero-order chi connectivity index (χ0) is 10.3. The van der Waals surface area contributed by atoms with Crippen molar-refractivity contribution < 1.29 is 4.79 Å². The van der Waals surface area contributed by atoms with Crippen LogP contribution in [0.2, 0.25) is 0 Å². The zero-order valence-electron chi connectivity index (χ0n) is 8.73. The Morgan fingerprint density at radius 1 is 0.750 bits per heavy atom. The van der Waals surface area contributed by atoms with Gasteiger partial charge in [0.05, 0.1) is 0 Å². The van der Waals surface area contributed by atoms with E-state index in [1.807, 2.05) is 42.5 Å². The van der Waals surface area contributed by atoms with E-state index >= 15 is 0 Å². The minimum Gasteiger partial charge on any atom is -0.294 e. The minimum atomic E-state index is 0. The summed E-state index contributed by atoms with van der Waals surface area (Å²) in [6.45, 7) is 0. The number of hydrogen-bond donors (Lipinski definition) is 0. The van der Waals surface area contributed by atoms with E-state index in [9.17, 15) is 4.79 Å². The van der Waals surface area contributed by atoms with Gasteiger partial charge in [0, 0.05) is 19.4 Å². The summed E-state index contributed by atoms with van der Waals surface area (Å²) in [5.74, 6) is 0.226. The molecule has 0 fully saturated rings. The molecular formula is C15H10O. The highest BCUT2D eigenvalue weighted by atomic mass is 16.1. The normalized spacial score (nSPS) is 12.4. The van der Waals surface area contributed by atoms with Crippen molar-refractivity contribution >= 4 is 5.78 Å². The van der Waals surface area contributed by atoms with Crippen LogP contribution in [-0.2, 0) is 6.42 Å². The van der Waals surface area contributed by atoms with Crippen LogP contribution in [0.1, 0.15) is 15.9 Å². The Hall–Kier alpha value is -1.89. The van der Waals surface area contributed by atoms with Gasteiger partial charge in [0.1, 0.15) is 0 Å². The van der Waals surface area contributed by atoms with E-state index in [1.165, 1.54) is 5.56 Å². The molecule has 0 saturated heterocycles. The topological polar surface area (TPSA) is 17.1 Å². The number of rotatable bonds is 0. The molecule has 1 aliphatic rings. The van der Waals surface area contributed by atoms with Crippen LogP contribution in [-0.4, -0.2) is 5.78 Å². The number of ketones is 1. The van der Waals surface area contributed by atoms with Gasteiger partial charge in [0.25, 0.3) is 0 Å². The third-order valence-corrected chi connectivity index (χ3v) is 2.89. The molecule has 4 radical (unpaired) electrons. The van der Waals surface area contributed by atoms with Gasteiger partial charge in [-0.3, -0.25) is 4.79 Å². The molecule has 16 heavy (non-hydrogen) atoms. The second kappa shape index (κ2) is 3.93. The molecule has 0 unspecified atom stereocenters. The summed E-state index contributed by atoms with van der Waals surface area (Å²) in [4.78, 5) is 11.8. The maximum absolute atomic E-state index is 11.8. The van der Waals surface area contributed by atoms with Gasteiger partial charge in [0.2, 0.25) is 0 Å². The van der Waals surface area contributed by atoms with Crippen molar-refractivity contribution in [2.24, 2.45) is 0 Å². The van der Waals surface area contributed by atoms with Crippen molar-refractivity contribution in [3.8, 4) is 11.1 Å². The van der Waals surface area contributed by atoms with Gasteiger partial charge >= 0.3 is 0 Å². The highest BCUT2D eigenvalue weighted by Gasteiger charge is 2.20. The molecule has 3 rings (SSSR count). The smallest absolute Gasteiger partial charge is 0.167 e. The van der Waals surface area contributed by atoms with Crippen LogP contribution in [0.3, 0.4) is 0 Å². The van der Waals surface area contributed by atoms with Crippen LogP contribution < -0.4 is 0 Å². The van der Waals surface area contributed by atoms with E-state index in [0.29, 0.717) is 6.42 Å². The Morgan fingerprint density at radius 2 is 1.31 bits per heavy atom. The summed E-state index contributed by atoms with van der Waals surface area (Å²) in [5, 5.41) is 0. The van der Waals surface area contributed by atoms with Crippen molar-refractivity contribution in [3.63, 3.8) is 0 Å². The Kier molecular flexibility index (Phi) is 2.61. The standard InChI is InChI=1S/C14H10O.C/c15-14-9-10-5-1-2-6-11(10)12-7-3-4-8-13(12)14;/h1-8H,9H2;. The number of carbonyl (C=O) groups excluding carboxylic acids is 1. The Morgan fingerprint density at radius 3 is 2.06 bits per heavy atom. The van der Waals surface area contributed by atoms with Crippen molar-refractivity contribution in [2.45, 2.75) is 6.42 Å². The van der Waals surface area contributed by atoms with Gasteiger partial charge in [-0.25, -0.2) is 0 Å². The largest absolute Gasteiger partial charge is 0.294 e.